The topological polar surface area (TPSA) is 69.9 Å². The quantitative estimate of drug-likeness (QED) is 0.159. The Morgan fingerprint density at radius 1 is 0.275 bits per heavy atom. The van der Waals surface area contributed by atoms with Gasteiger partial charge in [-0.1, -0.05) is 164 Å². The first-order chi connectivity index (χ1) is 34.2. The molecule has 6 nitrogen and oxygen atoms in total. The van der Waals surface area contributed by atoms with Crippen LogP contribution in [-0.4, -0.2) is 19.5 Å². The Morgan fingerprint density at radius 2 is 0.812 bits per heavy atom. The van der Waals surface area contributed by atoms with Crippen LogP contribution in [0.25, 0.3) is 139 Å². The predicted octanol–water partition coefficient (Wildman–Crippen LogP) is 16.8. The second-order valence-corrected chi connectivity index (χ2v) is 17.5. The van der Waals surface area contributed by atoms with Gasteiger partial charge in [-0.2, -0.15) is 0 Å². The van der Waals surface area contributed by atoms with Gasteiger partial charge >= 0.3 is 0 Å². The summed E-state index contributed by atoms with van der Waals surface area (Å²) in [6.07, 6.45) is 0. The molecule has 6 heteroatoms. The number of hydrogen-bond acceptors (Lipinski definition) is 5. The van der Waals surface area contributed by atoms with Gasteiger partial charge in [-0.05, 0) is 100 Å². The Labute approximate surface area is 396 Å². The van der Waals surface area contributed by atoms with Crippen molar-refractivity contribution in [3.63, 3.8) is 0 Å². The minimum absolute atomic E-state index is 0.608. The van der Waals surface area contributed by atoms with Crippen molar-refractivity contribution in [1.29, 1.82) is 0 Å². The molecule has 0 saturated carbocycles. The predicted molar refractivity (Wildman–Crippen MR) is 281 cm³/mol. The number of rotatable bonds is 7. The zero-order valence-corrected chi connectivity index (χ0v) is 37.0. The van der Waals surface area contributed by atoms with E-state index >= 15 is 0 Å². The maximum Gasteiger partial charge on any atom is 0.164 e. The highest BCUT2D eigenvalue weighted by atomic mass is 16.3. The molecule has 0 saturated heterocycles. The van der Waals surface area contributed by atoms with Crippen LogP contribution < -0.4 is 0 Å². The van der Waals surface area contributed by atoms with Crippen LogP contribution in [0.15, 0.2) is 239 Å². The van der Waals surface area contributed by atoms with Crippen LogP contribution >= 0.6 is 0 Å². The maximum atomic E-state index is 6.74. The molecule has 0 fully saturated rings. The molecule has 0 aliphatic rings. The van der Waals surface area contributed by atoms with Gasteiger partial charge in [0.25, 0.3) is 0 Å². The first-order valence-electron chi connectivity index (χ1n) is 23.2. The fraction of sp³-hybridized carbons (Fsp3) is 0. The van der Waals surface area contributed by atoms with E-state index in [9.17, 15) is 0 Å². The minimum Gasteiger partial charge on any atom is -0.456 e. The van der Waals surface area contributed by atoms with E-state index in [4.69, 9.17) is 23.8 Å². The summed E-state index contributed by atoms with van der Waals surface area (Å²) in [6, 6.07) is 80.4. The third kappa shape index (κ3) is 6.45. The first-order valence-corrected chi connectivity index (χ1v) is 23.2. The Balaban J connectivity index is 0.867. The van der Waals surface area contributed by atoms with Crippen LogP contribution in [0.1, 0.15) is 0 Å². The molecule has 10 aromatic carbocycles. The third-order valence-corrected chi connectivity index (χ3v) is 13.5. The van der Waals surface area contributed by atoms with E-state index in [1.54, 1.807) is 0 Å². The molecule has 4 aromatic heterocycles. The summed E-state index contributed by atoms with van der Waals surface area (Å²) in [5.74, 6) is 1.86. The number of fused-ring (bicyclic) bond motifs is 9. The lowest BCUT2D eigenvalue weighted by atomic mass is 9.96. The third-order valence-electron chi connectivity index (χ3n) is 13.5. The van der Waals surface area contributed by atoms with Crippen molar-refractivity contribution in [3.05, 3.63) is 231 Å². The second-order valence-electron chi connectivity index (χ2n) is 17.5. The standard InChI is InChI=1S/C63H38N4O2/c1-4-15-39(16-5-1)42-30-33-53-50(36-42)48-23-10-11-25-52(48)67(53)54-26-14-28-57-60(54)49-32-29-44(38-58(49)69-57)43-31-34-55-51(37-43)59-47(24-13-27-56(59)68-55)45-21-12-22-46(35-45)63-65-61(40-17-6-2-7-18-40)64-62(66-63)41-19-8-3-9-20-41/h1-38H. The molecule has 0 aliphatic heterocycles. The average molecular weight is 883 g/mol. The lowest BCUT2D eigenvalue weighted by molar-refractivity contribution is 0.669. The van der Waals surface area contributed by atoms with Crippen molar-refractivity contribution in [2.75, 3.05) is 0 Å². The lowest BCUT2D eigenvalue weighted by Crippen LogP contribution is -2.00. The summed E-state index contributed by atoms with van der Waals surface area (Å²) < 4.78 is 15.7. The summed E-state index contributed by atoms with van der Waals surface area (Å²) in [5, 5.41) is 6.67. The van der Waals surface area contributed by atoms with Crippen molar-refractivity contribution in [3.8, 4) is 73.2 Å². The molecule has 69 heavy (non-hydrogen) atoms. The molecule has 0 amide bonds. The van der Waals surface area contributed by atoms with E-state index in [0.29, 0.717) is 17.5 Å². The van der Waals surface area contributed by atoms with Gasteiger partial charge in [-0.15, -0.1) is 0 Å². The molecular formula is C63H38N4O2. The molecule has 322 valence electrons. The van der Waals surface area contributed by atoms with Crippen molar-refractivity contribution < 1.29 is 8.83 Å². The molecular weight excluding hydrogens is 845 g/mol. The highest BCUT2D eigenvalue weighted by Gasteiger charge is 2.20. The first kappa shape index (κ1) is 38.8. The Kier molecular flexibility index (Phi) is 8.79. The van der Waals surface area contributed by atoms with Crippen LogP contribution in [0.4, 0.5) is 0 Å². The fourth-order valence-electron chi connectivity index (χ4n) is 10.2. The van der Waals surface area contributed by atoms with Gasteiger partial charge in [-0.3, -0.25) is 0 Å². The molecule has 4 heterocycles. The molecule has 14 aromatic rings. The number of hydrogen-bond donors (Lipinski definition) is 0. The van der Waals surface area contributed by atoms with Crippen LogP contribution in [0.5, 0.6) is 0 Å². The van der Waals surface area contributed by atoms with Gasteiger partial charge in [0, 0.05) is 43.6 Å². The number of nitrogens with zero attached hydrogens (tertiary/aromatic N) is 4. The highest BCUT2D eigenvalue weighted by Crippen LogP contribution is 2.43. The van der Waals surface area contributed by atoms with Crippen LogP contribution in [0, 0.1) is 0 Å². The van der Waals surface area contributed by atoms with E-state index < -0.39 is 0 Å². The summed E-state index contributed by atoms with van der Waals surface area (Å²) in [4.78, 5) is 15.0. The molecule has 0 aliphatic carbocycles. The molecule has 0 radical (unpaired) electrons. The van der Waals surface area contributed by atoms with E-state index in [-0.39, 0.29) is 0 Å². The molecule has 0 unspecified atom stereocenters. The maximum absolute atomic E-state index is 6.74. The van der Waals surface area contributed by atoms with Crippen molar-refractivity contribution in [2.45, 2.75) is 0 Å². The number of benzene rings is 10. The average Bonchev–Trinajstić information content (AvgIpc) is 4.10. The van der Waals surface area contributed by atoms with Crippen LogP contribution in [0.2, 0.25) is 0 Å². The monoisotopic (exact) mass is 882 g/mol. The molecule has 0 spiro atoms. The fourth-order valence-corrected chi connectivity index (χ4v) is 10.2. The van der Waals surface area contributed by atoms with E-state index in [1.807, 2.05) is 66.7 Å². The van der Waals surface area contributed by atoms with Crippen LogP contribution in [0.3, 0.4) is 0 Å². The van der Waals surface area contributed by atoms with Gasteiger partial charge in [0.15, 0.2) is 17.5 Å². The van der Waals surface area contributed by atoms with Gasteiger partial charge in [0.2, 0.25) is 0 Å². The largest absolute Gasteiger partial charge is 0.456 e. The highest BCUT2D eigenvalue weighted by molar-refractivity contribution is 6.16. The summed E-state index contributed by atoms with van der Waals surface area (Å²) >= 11 is 0. The Bertz CT molecular complexity index is 4250. The van der Waals surface area contributed by atoms with Crippen molar-refractivity contribution in [2.24, 2.45) is 0 Å². The second kappa shape index (κ2) is 15.6. The Morgan fingerprint density at radius 3 is 1.58 bits per heavy atom. The van der Waals surface area contributed by atoms with Crippen molar-refractivity contribution in [1.82, 2.24) is 19.5 Å². The van der Waals surface area contributed by atoms with Crippen molar-refractivity contribution >= 4 is 65.7 Å². The van der Waals surface area contributed by atoms with Crippen LogP contribution in [-0.2, 0) is 0 Å². The lowest BCUT2D eigenvalue weighted by Gasteiger charge is -2.10. The normalized spacial score (nSPS) is 11.8. The number of aromatic nitrogens is 4. The molecule has 0 atom stereocenters. The molecule has 0 N–H and O–H groups in total. The van der Waals surface area contributed by atoms with E-state index in [1.165, 1.54) is 21.9 Å². The minimum atomic E-state index is 0.608. The number of furan rings is 2. The summed E-state index contributed by atoms with van der Waals surface area (Å²) in [6.45, 7) is 0. The molecule has 0 bridgehead atoms. The van der Waals surface area contributed by atoms with Gasteiger partial charge in [0.1, 0.15) is 22.3 Å². The summed E-state index contributed by atoms with van der Waals surface area (Å²) in [5.41, 5.74) is 16.1. The van der Waals surface area contributed by atoms with Gasteiger partial charge in [0.05, 0.1) is 22.1 Å². The molecule has 14 rings (SSSR count). The SMILES string of the molecule is c1ccc(-c2ccc3c(c2)c2ccccc2n3-c2cccc3oc4cc(-c5ccc6oc7cccc(-c8cccc(-c9nc(-c%10ccccc%10)nc(-c%10ccccc%10)n9)c8)c7c6c5)ccc4c23)cc1. The zero-order chi connectivity index (χ0) is 45.4. The van der Waals surface area contributed by atoms with Gasteiger partial charge < -0.3 is 13.4 Å². The number of para-hydroxylation sites is 1. The zero-order valence-electron chi connectivity index (χ0n) is 37.0. The van der Waals surface area contributed by atoms with E-state index in [2.05, 4.69) is 168 Å². The summed E-state index contributed by atoms with van der Waals surface area (Å²) in [7, 11) is 0. The smallest absolute Gasteiger partial charge is 0.164 e. The Hall–Kier alpha value is -9.39. The van der Waals surface area contributed by atoms with Gasteiger partial charge in [-0.25, -0.2) is 15.0 Å². The van der Waals surface area contributed by atoms with E-state index in [0.717, 1.165) is 99.5 Å².